The maximum absolute atomic E-state index is 12.5. The van der Waals surface area contributed by atoms with Crippen LogP contribution in [0, 0.1) is 6.92 Å². The lowest BCUT2D eigenvalue weighted by Crippen LogP contribution is -2.33. The van der Waals surface area contributed by atoms with Gasteiger partial charge in [0.05, 0.1) is 17.3 Å². The Morgan fingerprint density at radius 1 is 1.26 bits per heavy atom. The summed E-state index contributed by atoms with van der Waals surface area (Å²) in [5, 5.41) is 7.78. The van der Waals surface area contributed by atoms with E-state index in [0.29, 0.717) is 23.9 Å². The van der Waals surface area contributed by atoms with E-state index in [1.54, 1.807) is 23.5 Å². The topological polar surface area (TPSA) is 75.9 Å². The summed E-state index contributed by atoms with van der Waals surface area (Å²) in [6.45, 7) is 3.22. The molecule has 2 amide bonds. The Hall–Kier alpha value is -2.93. The van der Waals surface area contributed by atoms with Crippen molar-refractivity contribution in [3.05, 3.63) is 59.6 Å². The maximum atomic E-state index is 12.5. The van der Waals surface area contributed by atoms with Crippen molar-refractivity contribution in [1.82, 2.24) is 24.6 Å². The minimum atomic E-state index is -0.115. The van der Waals surface area contributed by atoms with E-state index in [9.17, 15) is 4.79 Å². The fourth-order valence-electron chi connectivity index (χ4n) is 3.15. The van der Waals surface area contributed by atoms with E-state index in [0.717, 1.165) is 23.4 Å². The number of hydrogen-bond acceptors (Lipinski definition) is 4. The second-order valence-corrected chi connectivity index (χ2v) is 6.99. The summed E-state index contributed by atoms with van der Waals surface area (Å²) in [5.41, 5.74) is 2.56. The minimum absolute atomic E-state index is 0.115. The summed E-state index contributed by atoms with van der Waals surface area (Å²) in [5.74, 6) is 0.674. The average molecular weight is 383 g/mol. The molecule has 8 heteroatoms. The van der Waals surface area contributed by atoms with E-state index >= 15 is 0 Å². The quantitative estimate of drug-likeness (QED) is 0.747. The fraction of sp³-hybridized carbons (Fsp3) is 0.263. The third-order valence-electron chi connectivity index (χ3n) is 4.58. The lowest BCUT2D eigenvalue weighted by molar-refractivity contribution is 0.220. The molecule has 138 valence electrons. The van der Waals surface area contributed by atoms with E-state index in [1.807, 2.05) is 41.9 Å². The number of likely N-dealkylation sites (tertiary alicyclic amines) is 1. The molecule has 0 bridgehead atoms. The van der Waals surface area contributed by atoms with Crippen molar-refractivity contribution in [3.8, 4) is 11.4 Å². The number of anilines is 1. The van der Waals surface area contributed by atoms with Crippen LogP contribution in [0.25, 0.3) is 11.4 Å². The van der Waals surface area contributed by atoms with Gasteiger partial charge in [-0.05, 0) is 43.7 Å². The first kappa shape index (κ1) is 17.5. The number of carbonyl (C=O) groups excluding carboxylic acids is 1. The molecule has 3 heterocycles. The number of carbonyl (C=O) groups is 1. The summed E-state index contributed by atoms with van der Waals surface area (Å²) in [7, 11) is 0. The monoisotopic (exact) mass is 382 g/mol. The van der Waals surface area contributed by atoms with Crippen LogP contribution in [0.4, 0.5) is 10.5 Å². The highest BCUT2D eigenvalue weighted by molar-refractivity contribution is 6.30. The van der Waals surface area contributed by atoms with Crippen molar-refractivity contribution in [2.45, 2.75) is 19.4 Å². The number of rotatable bonds is 3. The Kier molecular flexibility index (Phi) is 4.77. The maximum Gasteiger partial charge on any atom is 0.321 e. The summed E-state index contributed by atoms with van der Waals surface area (Å²) in [6, 6.07) is 9.43. The third-order valence-corrected chi connectivity index (χ3v) is 4.78. The lowest BCUT2D eigenvalue weighted by atomic mass is 10.2. The first-order valence-corrected chi connectivity index (χ1v) is 9.12. The number of aromatic nitrogens is 4. The van der Waals surface area contributed by atoms with E-state index < -0.39 is 0 Å². The van der Waals surface area contributed by atoms with Gasteiger partial charge in [-0.15, -0.1) is 0 Å². The van der Waals surface area contributed by atoms with Gasteiger partial charge in [0.1, 0.15) is 0 Å². The average Bonchev–Trinajstić information content (AvgIpc) is 3.31. The molecule has 1 atom stereocenters. The normalized spacial score (nSPS) is 16.5. The van der Waals surface area contributed by atoms with Gasteiger partial charge < -0.3 is 10.2 Å². The van der Waals surface area contributed by atoms with Crippen LogP contribution >= 0.6 is 11.6 Å². The van der Waals surface area contributed by atoms with Gasteiger partial charge in [-0.2, -0.15) is 5.10 Å². The predicted molar refractivity (Wildman–Crippen MR) is 104 cm³/mol. The number of aryl methyl sites for hydroxylation is 1. The van der Waals surface area contributed by atoms with Gasteiger partial charge in [-0.25, -0.2) is 14.8 Å². The zero-order chi connectivity index (χ0) is 18.8. The molecule has 27 heavy (non-hydrogen) atoms. The first-order valence-electron chi connectivity index (χ1n) is 8.74. The van der Waals surface area contributed by atoms with Crippen LogP contribution in [-0.4, -0.2) is 43.8 Å². The molecule has 1 fully saturated rings. The highest BCUT2D eigenvalue weighted by atomic mass is 35.5. The molecule has 0 aliphatic carbocycles. The van der Waals surface area contributed by atoms with Crippen molar-refractivity contribution in [3.63, 3.8) is 0 Å². The molecule has 2 aromatic heterocycles. The van der Waals surface area contributed by atoms with Gasteiger partial charge in [-0.3, -0.25) is 4.68 Å². The van der Waals surface area contributed by atoms with E-state index in [-0.39, 0.29) is 12.1 Å². The van der Waals surface area contributed by atoms with Crippen molar-refractivity contribution in [2.75, 3.05) is 18.4 Å². The molecule has 0 spiro atoms. The SMILES string of the molecule is Cc1ccnc(-c2ccc(NC(=O)N3CCC(n4cc(Cl)cn4)C3)cc2)n1. The van der Waals surface area contributed by atoms with Crippen LogP contribution in [0.5, 0.6) is 0 Å². The molecule has 1 unspecified atom stereocenters. The summed E-state index contributed by atoms with van der Waals surface area (Å²) in [6.07, 6.45) is 6.00. The molecule has 1 saturated heterocycles. The first-order chi connectivity index (χ1) is 13.1. The summed E-state index contributed by atoms with van der Waals surface area (Å²) >= 11 is 5.93. The molecular formula is C19H19ClN6O. The zero-order valence-corrected chi connectivity index (χ0v) is 15.6. The number of nitrogens with zero attached hydrogens (tertiary/aromatic N) is 5. The molecule has 1 aliphatic heterocycles. The Bertz CT molecular complexity index is 955. The highest BCUT2D eigenvalue weighted by Crippen LogP contribution is 2.24. The van der Waals surface area contributed by atoms with Crippen LogP contribution in [-0.2, 0) is 0 Å². The number of urea groups is 1. The Morgan fingerprint density at radius 3 is 2.78 bits per heavy atom. The molecule has 7 nitrogen and oxygen atoms in total. The number of halogens is 1. The number of nitrogens with one attached hydrogen (secondary N) is 1. The van der Waals surface area contributed by atoms with Crippen molar-refractivity contribution in [1.29, 1.82) is 0 Å². The van der Waals surface area contributed by atoms with E-state index in [2.05, 4.69) is 20.4 Å². The molecule has 1 aromatic carbocycles. The minimum Gasteiger partial charge on any atom is -0.322 e. The predicted octanol–water partition coefficient (Wildman–Crippen LogP) is 3.78. The second-order valence-electron chi connectivity index (χ2n) is 6.56. The van der Waals surface area contributed by atoms with Crippen LogP contribution < -0.4 is 5.32 Å². The van der Waals surface area contributed by atoms with Gasteiger partial charge in [0.15, 0.2) is 5.82 Å². The van der Waals surface area contributed by atoms with Crippen molar-refractivity contribution < 1.29 is 4.79 Å². The standard InChI is InChI=1S/C19H19ClN6O/c1-13-6-8-21-18(23-13)14-2-4-16(5-3-14)24-19(27)25-9-7-17(12-25)26-11-15(20)10-22-26/h2-6,8,10-11,17H,7,9,12H2,1H3,(H,24,27). The van der Waals surface area contributed by atoms with Gasteiger partial charge in [0.25, 0.3) is 0 Å². The van der Waals surface area contributed by atoms with Gasteiger partial charge in [-0.1, -0.05) is 11.6 Å². The Morgan fingerprint density at radius 2 is 2.07 bits per heavy atom. The van der Waals surface area contributed by atoms with Gasteiger partial charge in [0, 0.05) is 42.4 Å². The Balaban J connectivity index is 1.38. The second kappa shape index (κ2) is 7.36. The van der Waals surface area contributed by atoms with Gasteiger partial charge in [0.2, 0.25) is 0 Å². The van der Waals surface area contributed by atoms with E-state index in [1.165, 1.54) is 0 Å². The largest absolute Gasteiger partial charge is 0.322 e. The summed E-state index contributed by atoms with van der Waals surface area (Å²) in [4.78, 5) is 23.0. The summed E-state index contributed by atoms with van der Waals surface area (Å²) < 4.78 is 1.83. The van der Waals surface area contributed by atoms with E-state index in [4.69, 9.17) is 11.6 Å². The molecule has 4 rings (SSSR count). The van der Waals surface area contributed by atoms with Crippen molar-refractivity contribution >= 4 is 23.3 Å². The zero-order valence-electron chi connectivity index (χ0n) is 14.8. The van der Waals surface area contributed by atoms with Crippen LogP contribution in [0.2, 0.25) is 5.02 Å². The number of amides is 2. The number of benzene rings is 1. The molecule has 0 radical (unpaired) electrons. The van der Waals surface area contributed by atoms with Crippen LogP contribution in [0.15, 0.2) is 48.9 Å². The molecule has 0 saturated carbocycles. The molecule has 3 aromatic rings. The number of hydrogen-bond donors (Lipinski definition) is 1. The van der Waals surface area contributed by atoms with Crippen molar-refractivity contribution in [2.24, 2.45) is 0 Å². The molecular weight excluding hydrogens is 364 g/mol. The third kappa shape index (κ3) is 3.93. The molecule has 1 aliphatic rings. The van der Waals surface area contributed by atoms with Crippen LogP contribution in [0.3, 0.4) is 0 Å². The Labute approximate surface area is 162 Å². The smallest absolute Gasteiger partial charge is 0.321 e. The lowest BCUT2D eigenvalue weighted by Gasteiger charge is -2.17. The highest BCUT2D eigenvalue weighted by Gasteiger charge is 2.28. The van der Waals surface area contributed by atoms with Crippen LogP contribution in [0.1, 0.15) is 18.2 Å². The molecule has 1 N–H and O–H groups in total. The van der Waals surface area contributed by atoms with Gasteiger partial charge >= 0.3 is 6.03 Å². The fourth-order valence-corrected chi connectivity index (χ4v) is 3.29.